The topological polar surface area (TPSA) is 68.8 Å². The van der Waals surface area contributed by atoms with Crippen LogP contribution < -0.4 is 24.8 Å². The van der Waals surface area contributed by atoms with Crippen molar-refractivity contribution in [1.82, 2.24) is 10.6 Å². The molecule has 0 fully saturated rings. The van der Waals surface area contributed by atoms with Crippen LogP contribution in [-0.4, -0.2) is 46.9 Å². The van der Waals surface area contributed by atoms with Gasteiger partial charge in [-0.2, -0.15) is 8.78 Å². The summed E-state index contributed by atoms with van der Waals surface area (Å²) in [4.78, 5) is 12.0. The maximum Gasteiger partial charge on any atom is 0.387 e. The Balaban J connectivity index is 3.05. The van der Waals surface area contributed by atoms with Crippen LogP contribution in [0.2, 0.25) is 0 Å². The summed E-state index contributed by atoms with van der Waals surface area (Å²) >= 11 is 0. The molecule has 0 heterocycles. The molecule has 0 aromatic heterocycles. The highest BCUT2D eigenvalue weighted by Crippen LogP contribution is 2.39. The predicted molar refractivity (Wildman–Crippen MR) is 72.4 cm³/mol. The van der Waals surface area contributed by atoms with E-state index in [4.69, 9.17) is 9.47 Å². The summed E-state index contributed by atoms with van der Waals surface area (Å²) in [5, 5.41) is 5.54. The largest absolute Gasteiger partial charge is 0.493 e. The minimum absolute atomic E-state index is 0.00610. The number of rotatable bonds is 8. The van der Waals surface area contributed by atoms with Crippen molar-refractivity contribution in [3.63, 3.8) is 0 Å². The molecular weight excluding hydrogens is 286 g/mol. The number of carbonyl (C=O) groups excluding carboxylic acids is 1. The van der Waals surface area contributed by atoms with Crippen LogP contribution in [0.4, 0.5) is 8.78 Å². The summed E-state index contributed by atoms with van der Waals surface area (Å²) in [6, 6.07) is 2.63. The second-order valence-electron chi connectivity index (χ2n) is 3.95. The van der Waals surface area contributed by atoms with Crippen molar-refractivity contribution in [2.45, 2.75) is 6.61 Å². The molecule has 0 aliphatic rings. The molecule has 8 heteroatoms. The highest BCUT2D eigenvalue weighted by molar-refractivity contribution is 5.95. The Hall–Kier alpha value is -2.09. The SMILES string of the molecule is CNCCNC(=O)c1cc(OC)c(OC(F)F)c(OC)c1. The van der Waals surface area contributed by atoms with Gasteiger partial charge >= 0.3 is 6.61 Å². The Labute approximate surface area is 121 Å². The summed E-state index contributed by atoms with van der Waals surface area (Å²) in [5.74, 6) is -0.631. The lowest BCUT2D eigenvalue weighted by molar-refractivity contribution is -0.0526. The van der Waals surface area contributed by atoms with Crippen LogP contribution in [-0.2, 0) is 0 Å². The van der Waals surface area contributed by atoms with Gasteiger partial charge < -0.3 is 24.8 Å². The maximum atomic E-state index is 12.4. The molecule has 0 unspecified atom stereocenters. The van der Waals surface area contributed by atoms with Gasteiger partial charge in [-0.15, -0.1) is 0 Å². The van der Waals surface area contributed by atoms with E-state index in [-0.39, 0.29) is 28.7 Å². The number of methoxy groups -OCH3 is 2. The first-order valence-corrected chi connectivity index (χ1v) is 6.17. The van der Waals surface area contributed by atoms with E-state index in [0.29, 0.717) is 13.1 Å². The van der Waals surface area contributed by atoms with Gasteiger partial charge in [0.2, 0.25) is 5.75 Å². The molecule has 0 radical (unpaired) electrons. The molecule has 0 atom stereocenters. The molecular formula is C13H18F2N2O4. The fourth-order valence-corrected chi connectivity index (χ4v) is 1.62. The van der Waals surface area contributed by atoms with Crippen LogP contribution >= 0.6 is 0 Å². The molecule has 0 saturated carbocycles. The van der Waals surface area contributed by atoms with Crippen LogP contribution in [0.3, 0.4) is 0 Å². The number of benzene rings is 1. The molecule has 6 nitrogen and oxygen atoms in total. The van der Waals surface area contributed by atoms with E-state index in [1.54, 1.807) is 7.05 Å². The summed E-state index contributed by atoms with van der Waals surface area (Å²) in [7, 11) is 4.33. The van der Waals surface area contributed by atoms with Gasteiger partial charge in [-0.05, 0) is 19.2 Å². The Morgan fingerprint density at radius 3 is 2.19 bits per heavy atom. The quantitative estimate of drug-likeness (QED) is 0.708. The number of halogens is 2. The van der Waals surface area contributed by atoms with E-state index in [2.05, 4.69) is 15.4 Å². The van der Waals surface area contributed by atoms with Crippen LogP contribution in [0.15, 0.2) is 12.1 Å². The first kappa shape index (κ1) is 17.0. The van der Waals surface area contributed by atoms with Crippen molar-refractivity contribution in [3.8, 4) is 17.2 Å². The highest BCUT2D eigenvalue weighted by Gasteiger charge is 2.20. The molecule has 0 bridgehead atoms. The number of nitrogens with one attached hydrogen (secondary N) is 2. The summed E-state index contributed by atoms with van der Waals surface area (Å²) in [6.45, 7) is -2.00. The standard InChI is InChI=1S/C13H18F2N2O4/c1-16-4-5-17-12(18)8-6-9(19-2)11(21-13(14)15)10(7-8)20-3/h6-7,13,16H,4-5H2,1-3H3,(H,17,18). The molecule has 1 rings (SSSR count). The van der Waals surface area contributed by atoms with Gasteiger partial charge in [0.05, 0.1) is 14.2 Å². The van der Waals surface area contributed by atoms with Gasteiger partial charge in [0.15, 0.2) is 11.5 Å². The summed E-state index contributed by atoms with van der Waals surface area (Å²) in [5.41, 5.74) is 0.224. The van der Waals surface area contributed by atoms with Crippen LogP contribution in [0.5, 0.6) is 17.2 Å². The van der Waals surface area contributed by atoms with Gasteiger partial charge in [-0.1, -0.05) is 0 Å². The first-order valence-electron chi connectivity index (χ1n) is 6.17. The van der Waals surface area contributed by atoms with E-state index in [1.807, 2.05) is 0 Å². The van der Waals surface area contributed by atoms with Crippen LogP contribution in [0.1, 0.15) is 10.4 Å². The number of hydrogen-bond donors (Lipinski definition) is 2. The summed E-state index contributed by atoms with van der Waals surface area (Å²) in [6.07, 6.45) is 0. The first-order chi connectivity index (χ1) is 10.0. The fourth-order valence-electron chi connectivity index (χ4n) is 1.62. The minimum Gasteiger partial charge on any atom is -0.493 e. The average molecular weight is 304 g/mol. The number of hydrogen-bond acceptors (Lipinski definition) is 5. The second-order valence-corrected chi connectivity index (χ2v) is 3.95. The lowest BCUT2D eigenvalue weighted by atomic mass is 10.1. The second kappa shape index (κ2) is 8.25. The zero-order chi connectivity index (χ0) is 15.8. The predicted octanol–water partition coefficient (Wildman–Crippen LogP) is 1.25. The average Bonchev–Trinajstić information content (AvgIpc) is 2.46. The van der Waals surface area contributed by atoms with Crippen molar-refractivity contribution in [2.24, 2.45) is 0 Å². The zero-order valence-corrected chi connectivity index (χ0v) is 12.0. The molecule has 2 N–H and O–H groups in total. The Morgan fingerprint density at radius 2 is 1.76 bits per heavy atom. The van der Waals surface area contributed by atoms with E-state index in [9.17, 15) is 13.6 Å². The van der Waals surface area contributed by atoms with Crippen LogP contribution in [0, 0.1) is 0 Å². The Morgan fingerprint density at radius 1 is 1.19 bits per heavy atom. The van der Waals surface area contributed by atoms with Gasteiger partial charge in [-0.3, -0.25) is 4.79 Å². The number of carbonyl (C=O) groups is 1. The van der Waals surface area contributed by atoms with Gasteiger partial charge in [0, 0.05) is 18.7 Å². The molecule has 0 saturated heterocycles. The molecule has 1 aromatic carbocycles. The Bertz CT molecular complexity index is 458. The van der Waals surface area contributed by atoms with Crippen molar-refractivity contribution in [3.05, 3.63) is 17.7 Å². The number of ether oxygens (including phenoxy) is 3. The van der Waals surface area contributed by atoms with E-state index >= 15 is 0 Å². The van der Waals surface area contributed by atoms with Gasteiger partial charge in [0.25, 0.3) is 5.91 Å². The van der Waals surface area contributed by atoms with Gasteiger partial charge in [-0.25, -0.2) is 0 Å². The molecule has 0 spiro atoms. The fraction of sp³-hybridized carbons (Fsp3) is 0.462. The molecule has 0 aliphatic carbocycles. The lowest BCUT2D eigenvalue weighted by Crippen LogP contribution is -2.30. The lowest BCUT2D eigenvalue weighted by Gasteiger charge is -2.15. The smallest absolute Gasteiger partial charge is 0.387 e. The van der Waals surface area contributed by atoms with Crippen molar-refractivity contribution >= 4 is 5.91 Å². The molecule has 1 amide bonds. The molecule has 118 valence electrons. The van der Waals surface area contributed by atoms with E-state index in [1.165, 1.54) is 26.4 Å². The van der Waals surface area contributed by atoms with Crippen molar-refractivity contribution in [2.75, 3.05) is 34.4 Å². The third-order valence-corrected chi connectivity index (χ3v) is 2.59. The third-order valence-electron chi connectivity index (χ3n) is 2.59. The summed E-state index contributed by atoms with van der Waals surface area (Å²) < 4.78 is 39.1. The third kappa shape index (κ3) is 4.75. The number of likely N-dealkylation sites (N-methyl/N-ethyl adjacent to an activating group) is 1. The Kier molecular flexibility index (Phi) is 6.67. The monoisotopic (exact) mass is 304 g/mol. The number of alkyl halides is 2. The van der Waals surface area contributed by atoms with Crippen molar-refractivity contribution < 1.29 is 27.8 Å². The molecule has 0 aliphatic heterocycles. The minimum atomic E-state index is -3.02. The van der Waals surface area contributed by atoms with E-state index < -0.39 is 6.61 Å². The molecule has 1 aromatic rings. The zero-order valence-electron chi connectivity index (χ0n) is 12.0. The van der Waals surface area contributed by atoms with Crippen molar-refractivity contribution in [1.29, 1.82) is 0 Å². The maximum absolute atomic E-state index is 12.4. The molecule has 21 heavy (non-hydrogen) atoms. The normalized spacial score (nSPS) is 10.4. The highest BCUT2D eigenvalue weighted by atomic mass is 19.3. The number of amides is 1. The van der Waals surface area contributed by atoms with Crippen LogP contribution in [0.25, 0.3) is 0 Å². The van der Waals surface area contributed by atoms with E-state index in [0.717, 1.165) is 0 Å². The van der Waals surface area contributed by atoms with Gasteiger partial charge in [0.1, 0.15) is 0 Å².